The second kappa shape index (κ2) is 6.33. The third kappa shape index (κ3) is 3.85. The Bertz CT molecular complexity index is 342. The fraction of sp³-hybridized carbons (Fsp3) is 0.500. The highest BCUT2D eigenvalue weighted by Gasteiger charge is 2.10. The molecule has 4 heteroatoms. The molecule has 1 atom stereocenters. The van der Waals surface area contributed by atoms with Crippen LogP contribution < -0.4 is 11.1 Å². The van der Waals surface area contributed by atoms with Gasteiger partial charge in [-0.3, -0.25) is 0 Å². The predicted molar refractivity (Wildman–Crippen MR) is 68.6 cm³/mol. The normalized spacial score (nSPS) is 13.1. The summed E-state index contributed by atoms with van der Waals surface area (Å²) in [5, 5.41) is 3.32. The van der Waals surface area contributed by atoms with Crippen LogP contribution in [0.1, 0.15) is 19.4 Å². The quantitative estimate of drug-likeness (QED) is 0.874. The molecule has 3 N–H and O–H groups in total. The summed E-state index contributed by atoms with van der Waals surface area (Å²) in [4.78, 5) is 0. The average Bonchev–Trinajstić information content (AvgIpc) is 2.23. The zero-order chi connectivity index (χ0) is 12.1. The Hall–Kier alpha value is -0.450. The summed E-state index contributed by atoms with van der Waals surface area (Å²) < 4.78 is 13.7. The minimum atomic E-state index is -0.229. The SMILES string of the molecule is CC(C)C(CN)NCc1ccc(Br)c(F)c1. The number of rotatable bonds is 5. The molecule has 2 nitrogen and oxygen atoms in total. The van der Waals surface area contributed by atoms with E-state index in [4.69, 9.17) is 5.73 Å². The molecule has 0 heterocycles. The van der Waals surface area contributed by atoms with Crippen LogP contribution >= 0.6 is 15.9 Å². The Morgan fingerprint density at radius 2 is 2.12 bits per heavy atom. The Labute approximate surface area is 105 Å². The van der Waals surface area contributed by atoms with E-state index in [0.717, 1.165) is 5.56 Å². The summed E-state index contributed by atoms with van der Waals surface area (Å²) in [5.74, 6) is 0.249. The van der Waals surface area contributed by atoms with Gasteiger partial charge in [0.1, 0.15) is 5.82 Å². The summed E-state index contributed by atoms with van der Waals surface area (Å²) >= 11 is 3.13. The molecule has 0 aromatic heterocycles. The van der Waals surface area contributed by atoms with E-state index in [1.165, 1.54) is 6.07 Å². The number of benzene rings is 1. The Morgan fingerprint density at radius 3 is 2.62 bits per heavy atom. The topological polar surface area (TPSA) is 38.0 Å². The van der Waals surface area contributed by atoms with Gasteiger partial charge >= 0.3 is 0 Å². The van der Waals surface area contributed by atoms with Crippen molar-refractivity contribution in [3.8, 4) is 0 Å². The molecule has 1 aromatic rings. The standard InChI is InChI=1S/C12H18BrFN2/c1-8(2)12(6-15)16-7-9-3-4-10(13)11(14)5-9/h3-5,8,12,16H,6-7,15H2,1-2H3. The van der Waals surface area contributed by atoms with E-state index in [1.807, 2.05) is 6.07 Å². The van der Waals surface area contributed by atoms with Gasteiger partial charge in [0.15, 0.2) is 0 Å². The van der Waals surface area contributed by atoms with Gasteiger partial charge < -0.3 is 11.1 Å². The first kappa shape index (κ1) is 13.6. The highest BCUT2D eigenvalue weighted by molar-refractivity contribution is 9.10. The lowest BCUT2D eigenvalue weighted by atomic mass is 10.0. The molecular weight excluding hydrogens is 271 g/mol. The zero-order valence-electron chi connectivity index (χ0n) is 9.63. The molecule has 1 rings (SSSR count). The molecular formula is C12H18BrFN2. The largest absolute Gasteiger partial charge is 0.329 e. The fourth-order valence-corrected chi connectivity index (χ4v) is 1.74. The van der Waals surface area contributed by atoms with Crippen LogP contribution in [0.4, 0.5) is 4.39 Å². The van der Waals surface area contributed by atoms with Gasteiger partial charge in [-0.25, -0.2) is 4.39 Å². The molecule has 0 amide bonds. The minimum Gasteiger partial charge on any atom is -0.329 e. The highest BCUT2D eigenvalue weighted by Crippen LogP contribution is 2.16. The molecule has 0 fully saturated rings. The van der Waals surface area contributed by atoms with Crippen LogP contribution in [0.3, 0.4) is 0 Å². The zero-order valence-corrected chi connectivity index (χ0v) is 11.2. The maximum Gasteiger partial charge on any atom is 0.137 e. The molecule has 1 aromatic carbocycles. The van der Waals surface area contributed by atoms with Gasteiger partial charge in [0.2, 0.25) is 0 Å². The second-order valence-corrected chi connectivity index (χ2v) is 5.07. The smallest absolute Gasteiger partial charge is 0.137 e. The summed E-state index contributed by atoms with van der Waals surface area (Å²) in [6, 6.07) is 5.42. The molecule has 0 spiro atoms. The van der Waals surface area contributed by atoms with Crippen molar-refractivity contribution >= 4 is 15.9 Å². The van der Waals surface area contributed by atoms with Crippen molar-refractivity contribution < 1.29 is 4.39 Å². The third-order valence-electron chi connectivity index (χ3n) is 2.61. The lowest BCUT2D eigenvalue weighted by Crippen LogP contribution is -2.39. The lowest BCUT2D eigenvalue weighted by molar-refractivity contribution is 0.404. The van der Waals surface area contributed by atoms with Crippen LogP contribution in [0.25, 0.3) is 0 Å². The van der Waals surface area contributed by atoms with Crippen LogP contribution in [0, 0.1) is 11.7 Å². The summed E-state index contributed by atoms with van der Waals surface area (Å²) in [6.07, 6.45) is 0. The number of hydrogen-bond acceptors (Lipinski definition) is 2. The molecule has 1 unspecified atom stereocenters. The lowest BCUT2D eigenvalue weighted by Gasteiger charge is -2.20. The van der Waals surface area contributed by atoms with Crippen LogP contribution in [0.15, 0.2) is 22.7 Å². The summed E-state index contributed by atoms with van der Waals surface area (Å²) in [5.41, 5.74) is 6.58. The first-order chi connectivity index (χ1) is 7.54. The van der Waals surface area contributed by atoms with Crippen LogP contribution in [0.5, 0.6) is 0 Å². The van der Waals surface area contributed by atoms with Crippen molar-refractivity contribution in [1.29, 1.82) is 0 Å². The van der Waals surface area contributed by atoms with Gasteiger partial charge in [-0.2, -0.15) is 0 Å². The predicted octanol–water partition coefficient (Wildman–Crippen LogP) is 2.66. The molecule has 0 saturated carbocycles. The van der Waals surface area contributed by atoms with Gasteiger partial charge in [0.25, 0.3) is 0 Å². The third-order valence-corrected chi connectivity index (χ3v) is 3.25. The number of hydrogen-bond donors (Lipinski definition) is 2. The molecule has 90 valence electrons. The van der Waals surface area contributed by atoms with E-state index in [1.54, 1.807) is 6.07 Å². The van der Waals surface area contributed by atoms with Crippen molar-refractivity contribution in [3.63, 3.8) is 0 Å². The number of nitrogens with two attached hydrogens (primary N) is 1. The molecule has 0 radical (unpaired) electrons. The first-order valence-corrected chi connectivity index (χ1v) is 6.21. The van der Waals surface area contributed by atoms with E-state index in [9.17, 15) is 4.39 Å². The van der Waals surface area contributed by atoms with Crippen molar-refractivity contribution in [2.75, 3.05) is 6.54 Å². The average molecular weight is 289 g/mol. The van der Waals surface area contributed by atoms with Crippen molar-refractivity contribution in [3.05, 3.63) is 34.1 Å². The molecule has 0 aliphatic heterocycles. The van der Waals surface area contributed by atoms with Crippen LogP contribution in [-0.2, 0) is 6.54 Å². The van der Waals surface area contributed by atoms with Gasteiger partial charge in [0.05, 0.1) is 4.47 Å². The Balaban J connectivity index is 2.57. The molecule has 0 saturated heterocycles. The van der Waals surface area contributed by atoms with Crippen LogP contribution in [0.2, 0.25) is 0 Å². The van der Waals surface area contributed by atoms with E-state index >= 15 is 0 Å². The van der Waals surface area contributed by atoms with E-state index in [-0.39, 0.29) is 11.9 Å². The van der Waals surface area contributed by atoms with Gasteiger partial charge in [0, 0.05) is 19.1 Å². The van der Waals surface area contributed by atoms with Gasteiger partial charge in [-0.15, -0.1) is 0 Å². The van der Waals surface area contributed by atoms with Crippen molar-refractivity contribution in [1.82, 2.24) is 5.32 Å². The van der Waals surface area contributed by atoms with Crippen molar-refractivity contribution in [2.45, 2.75) is 26.4 Å². The Morgan fingerprint density at radius 1 is 1.44 bits per heavy atom. The van der Waals surface area contributed by atoms with Crippen molar-refractivity contribution in [2.24, 2.45) is 11.7 Å². The maximum absolute atomic E-state index is 13.2. The fourth-order valence-electron chi connectivity index (χ4n) is 1.49. The van der Waals surface area contributed by atoms with Gasteiger partial charge in [-0.05, 0) is 39.5 Å². The molecule has 16 heavy (non-hydrogen) atoms. The summed E-state index contributed by atoms with van der Waals surface area (Å²) in [6.45, 7) is 5.47. The van der Waals surface area contributed by atoms with E-state index in [2.05, 4.69) is 35.1 Å². The maximum atomic E-state index is 13.2. The molecule has 0 aliphatic carbocycles. The van der Waals surface area contributed by atoms with E-state index < -0.39 is 0 Å². The second-order valence-electron chi connectivity index (χ2n) is 4.22. The molecule has 0 aliphatic rings. The monoisotopic (exact) mass is 288 g/mol. The summed E-state index contributed by atoms with van der Waals surface area (Å²) in [7, 11) is 0. The van der Waals surface area contributed by atoms with Gasteiger partial charge in [-0.1, -0.05) is 19.9 Å². The Kier molecular flexibility index (Phi) is 5.38. The van der Waals surface area contributed by atoms with E-state index in [0.29, 0.717) is 23.5 Å². The number of halogens is 2. The van der Waals surface area contributed by atoms with Crippen LogP contribution in [-0.4, -0.2) is 12.6 Å². The number of nitrogens with one attached hydrogen (secondary N) is 1. The molecule has 0 bridgehead atoms. The minimum absolute atomic E-state index is 0.229. The highest BCUT2D eigenvalue weighted by atomic mass is 79.9. The first-order valence-electron chi connectivity index (χ1n) is 5.42.